The maximum atomic E-state index is 14.3. The van der Waals surface area contributed by atoms with Gasteiger partial charge in [0.15, 0.2) is 0 Å². The number of nitrogens with one attached hydrogen (secondary N) is 1. The molecule has 0 aliphatic carbocycles. The van der Waals surface area contributed by atoms with E-state index in [-0.39, 0.29) is 5.97 Å². The average molecular weight is 666 g/mol. The average Bonchev–Trinajstić information content (AvgIpc) is 3.53. The minimum Gasteiger partial charge on any atom is -0.493 e. The molecule has 0 saturated carbocycles. The van der Waals surface area contributed by atoms with Crippen LogP contribution in [0.4, 0.5) is 0 Å². The second kappa shape index (κ2) is 15.6. The maximum absolute atomic E-state index is 14.3. The van der Waals surface area contributed by atoms with Gasteiger partial charge in [0.25, 0.3) is 0 Å². The number of esters is 1. The number of fused-ring (bicyclic) bond motifs is 2. The molecule has 3 heterocycles. The Kier molecular flexibility index (Phi) is 11.5. The van der Waals surface area contributed by atoms with E-state index in [9.17, 15) is 4.79 Å². The minimum atomic E-state index is -0.624. The summed E-state index contributed by atoms with van der Waals surface area (Å²) in [5.74, 6) is 0.608. The third-order valence-corrected chi connectivity index (χ3v) is 9.32. The molecule has 0 bridgehead atoms. The zero-order valence-electron chi connectivity index (χ0n) is 31.1. The van der Waals surface area contributed by atoms with E-state index in [4.69, 9.17) is 14.6 Å². The molecule has 8 nitrogen and oxygen atoms in total. The van der Waals surface area contributed by atoms with Gasteiger partial charge in [0.1, 0.15) is 17.0 Å². The van der Waals surface area contributed by atoms with Crippen molar-refractivity contribution in [1.82, 2.24) is 24.6 Å². The van der Waals surface area contributed by atoms with Gasteiger partial charge in [0.05, 0.1) is 17.8 Å². The predicted octanol–water partition coefficient (Wildman–Crippen LogP) is 8.02. The molecule has 1 aliphatic heterocycles. The summed E-state index contributed by atoms with van der Waals surface area (Å²) in [6, 6.07) is 18.9. The number of carbonyl (C=O) groups is 1. The number of ether oxygens (including phenoxy) is 2. The molecule has 1 fully saturated rings. The quantitative estimate of drug-likeness (QED) is 0.120. The molecular weight excluding hydrogens is 610 g/mol. The van der Waals surface area contributed by atoms with Crippen LogP contribution in [0.25, 0.3) is 32.8 Å². The lowest BCUT2D eigenvalue weighted by molar-refractivity contribution is 0.00561. The van der Waals surface area contributed by atoms with Gasteiger partial charge >= 0.3 is 5.97 Å². The van der Waals surface area contributed by atoms with Gasteiger partial charge in [-0.05, 0) is 77.0 Å². The molecule has 0 radical (unpaired) electrons. The van der Waals surface area contributed by atoms with Crippen molar-refractivity contribution in [3.8, 4) is 16.9 Å². The number of aromatic nitrogens is 3. The summed E-state index contributed by atoms with van der Waals surface area (Å²) in [4.78, 5) is 16.8. The molecule has 8 heteroatoms. The fourth-order valence-electron chi connectivity index (χ4n) is 7.03. The number of hydrogen-bond donors (Lipinski definition) is 1. The van der Waals surface area contributed by atoms with Crippen molar-refractivity contribution in [2.45, 2.75) is 80.4 Å². The van der Waals surface area contributed by atoms with Crippen molar-refractivity contribution < 1.29 is 14.3 Å². The van der Waals surface area contributed by atoms with Crippen LogP contribution in [0.1, 0.15) is 74.0 Å². The Morgan fingerprint density at radius 1 is 0.898 bits per heavy atom. The molecule has 1 aliphatic rings. The van der Waals surface area contributed by atoms with Gasteiger partial charge < -0.3 is 19.4 Å². The number of hydrogen-bond acceptors (Lipinski definition) is 6. The SMILES string of the molecule is CC.Cc1ccc2c(CCCOc3cccc4ccccc34)c(C(=O)OC(C)(C)C)n(CCN3CCNCC3)c2c1-c1c(C)nn(C)c1C. The van der Waals surface area contributed by atoms with Crippen molar-refractivity contribution in [1.29, 1.82) is 0 Å². The van der Waals surface area contributed by atoms with E-state index in [1.165, 1.54) is 5.56 Å². The van der Waals surface area contributed by atoms with Crippen molar-refractivity contribution in [3.05, 3.63) is 82.8 Å². The molecule has 6 rings (SSSR count). The van der Waals surface area contributed by atoms with Gasteiger partial charge in [-0.2, -0.15) is 5.10 Å². The molecular formula is C41H55N5O3. The normalized spacial score (nSPS) is 13.8. The third-order valence-electron chi connectivity index (χ3n) is 9.32. The van der Waals surface area contributed by atoms with Gasteiger partial charge in [0, 0.05) is 73.9 Å². The summed E-state index contributed by atoms with van der Waals surface area (Å²) in [6.07, 6.45) is 1.44. The van der Waals surface area contributed by atoms with E-state index in [2.05, 4.69) is 65.9 Å². The fraction of sp³-hybridized carbons (Fsp3) is 0.463. The summed E-state index contributed by atoms with van der Waals surface area (Å²) in [5.41, 5.74) is 7.69. The summed E-state index contributed by atoms with van der Waals surface area (Å²) >= 11 is 0. The molecule has 1 saturated heterocycles. The van der Waals surface area contributed by atoms with Crippen LogP contribution in [-0.4, -0.2) is 70.1 Å². The Bertz CT molecular complexity index is 1900. The van der Waals surface area contributed by atoms with E-state index < -0.39 is 5.60 Å². The Morgan fingerprint density at radius 3 is 2.31 bits per heavy atom. The molecule has 49 heavy (non-hydrogen) atoms. The summed E-state index contributed by atoms with van der Waals surface area (Å²) in [6.45, 7) is 22.2. The highest BCUT2D eigenvalue weighted by Gasteiger charge is 2.30. The first-order valence-electron chi connectivity index (χ1n) is 18.0. The Balaban J connectivity index is 0.00000230. The lowest BCUT2D eigenvalue weighted by Gasteiger charge is -2.28. The fourth-order valence-corrected chi connectivity index (χ4v) is 7.03. The van der Waals surface area contributed by atoms with Crippen LogP contribution < -0.4 is 10.1 Å². The van der Waals surface area contributed by atoms with Gasteiger partial charge in [-0.15, -0.1) is 0 Å². The van der Waals surface area contributed by atoms with E-state index in [1.807, 2.05) is 70.6 Å². The minimum absolute atomic E-state index is 0.276. The molecule has 1 N–H and O–H groups in total. The Morgan fingerprint density at radius 2 is 1.61 bits per heavy atom. The standard InChI is InChI=1S/C39H49N5O3.C2H6/c1-26-17-18-32-31(15-11-25-46-33-16-10-13-29-12-8-9-14-30(29)33)37(38(45)47-39(4,5)6)44(24-23-43-21-19-40-20-22-43)36(32)34(26)35-27(2)41-42(7)28(35)3;1-2/h8-10,12-14,16-18,40H,11,15,19-25H2,1-7H3;1-2H3. The van der Waals surface area contributed by atoms with Crippen LogP contribution in [-0.2, 0) is 24.8 Å². The predicted molar refractivity (Wildman–Crippen MR) is 202 cm³/mol. The molecule has 5 aromatic rings. The second-order valence-corrected chi connectivity index (χ2v) is 13.8. The highest BCUT2D eigenvalue weighted by molar-refractivity contribution is 6.05. The number of aryl methyl sites for hydroxylation is 4. The van der Waals surface area contributed by atoms with E-state index >= 15 is 0 Å². The molecule has 262 valence electrons. The number of carbonyl (C=O) groups excluding carboxylic acids is 1. The lowest BCUT2D eigenvalue weighted by Crippen LogP contribution is -2.44. The van der Waals surface area contributed by atoms with Crippen LogP contribution in [0.2, 0.25) is 0 Å². The maximum Gasteiger partial charge on any atom is 0.355 e. The third kappa shape index (κ3) is 7.86. The van der Waals surface area contributed by atoms with E-state index in [0.717, 1.165) is 94.6 Å². The zero-order valence-corrected chi connectivity index (χ0v) is 31.1. The topological polar surface area (TPSA) is 73.6 Å². The summed E-state index contributed by atoms with van der Waals surface area (Å²) in [5, 5.41) is 11.6. The Hall–Kier alpha value is -4.14. The molecule has 3 aromatic carbocycles. The van der Waals surface area contributed by atoms with Gasteiger partial charge in [-0.1, -0.05) is 62.4 Å². The van der Waals surface area contributed by atoms with Crippen molar-refractivity contribution in [2.75, 3.05) is 39.3 Å². The number of rotatable bonds is 10. The van der Waals surface area contributed by atoms with Crippen LogP contribution in [0.15, 0.2) is 54.6 Å². The molecule has 0 atom stereocenters. The highest BCUT2D eigenvalue weighted by atomic mass is 16.6. The number of nitrogens with zero attached hydrogens (tertiary/aromatic N) is 4. The molecule has 0 amide bonds. The summed E-state index contributed by atoms with van der Waals surface area (Å²) in [7, 11) is 2.00. The van der Waals surface area contributed by atoms with Crippen molar-refractivity contribution >= 4 is 27.6 Å². The summed E-state index contributed by atoms with van der Waals surface area (Å²) < 4.78 is 16.7. The van der Waals surface area contributed by atoms with Crippen LogP contribution in [0.5, 0.6) is 5.75 Å². The van der Waals surface area contributed by atoms with E-state index in [0.29, 0.717) is 25.3 Å². The molecule has 0 unspecified atom stereocenters. The van der Waals surface area contributed by atoms with Gasteiger partial charge in [-0.3, -0.25) is 9.58 Å². The first kappa shape index (κ1) is 36.1. The van der Waals surface area contributed by atoms with Crippen LogP contribution in [0.3, 0.4) is 0 Å². The first-order chi connectivity index (χ1) is 23.5. The van der Waals surface area contributed by atoms with Crippen LogP contribution in [0, 0.1) is 20.8 Å². The highest BCUT2D eigenvalue weighted by Crippen LogP contribution is 2.40. The molecule has 0 spiro atoms. The van der Waals surface area contributed by atoms with Crippen molar-refractivity contribution in [2.24, 2.45) is 7.05 Å². The van der Waals surface area contributed by atoms with Gasteiger partial charge in [0.2, 0.25) is 0 Å². The van der Waals surface area contributed by atoms with Crippen LogP contribution >= 0.6 is 0 Å². The van der Waals surface area contributed by atoms with Crippen molar-refractivity contribution in [3.63, 3.8) is 0 Å². The number of piperazine rings is 1. The monoisotopic (exact) mass is 665 g/mol. The largest absolute Gasteiger partial charge is 0.493 e. The second-order valence-electron chi connectivity index (χ2n) is 13.8. The smallest absolute Gasteiger partial charge is 0.355 e. The molecule has 2 aromatic heterocycles. The zero-order chi connectivity index (χ0) is 35.3. The Labute approximate surface area is 292 Å². The van der Waals surface area contributed by atoms with Gasteiger partial charge in [-0.25, -0.2) is 4.79 Å². The first-order valence-corrected chi connectivity index (χ1v) is 18.0. The lowest BCUT2D eigenvalue weighted by atomic mass is 9.94. The van der Waals surface area contributed by atoms with E-state index in [1.54, 1.807) is 0 Å². The number of benzene rings is 3.